The highest BCUT2D eigenvalue weighted by Gasteiger charge is 2.22. The summed E-state index contributed by atoms with van der Waals surface area (Å²) in [5.41, 5.74) is 7.00. The molecule has 0 radical (unpaired) electrons. The molecule has 1 aliphatic rings. The van der Waals surface area contributed by atoms with E-state index in [0.717, 1.165) is 36.0 Å². The molecule has 2 aromatic rings. The van der Waals surface area contributed by atoms with Crippen LogP contribution >= 0.6 is 11.3 Å². The van der Waals surface area contributed by atoms with E-state index < -0.39 is 0 Å². The lowest BCUT2D eigenvalue weighted by Crippen LogP contribution is -2.39. The summed E-state index contributed by atoms with van der Waals surface area (Å²) in [6.07, 6.45) is 2.38. The van der Waals surface area contributed by atoms with Crippen molar-refractivity contribution in [2.75, 3.05) is 13.1 Å². The van der Waals surface area contributed by atoms with Crippen molar-refractivity contribution in [2.24, 2.45) is 11.7 Å². The SMILES string of the molecule is CC(N)C1CCN(Cc2cc(-c3cccs3)on2)CC1. The van der Waals surface area contributed by atoms with E-state index in [1.54, 1.807) is 11.3 Å². The number of thiophene rings is 1. The molecule has 0 bridgehead atoms. The lowest BCUT2D eigenvalue weighted by Gasteiger charge is -2.33. The maximum absolute atomic E-state index is 5.98. The van der Waals surface area contributed by atoms with Gasteiger partial charge in [0, 0.05) is 18.7 Å². The molecule has 1 saturated heterocycles. The molecule has 0 aromatic carbocycles. The molecule has 0 aliphatic carbocycles. The molecule has 20 heavy (non-hydrogen) atoms. The van der Waals surface area contributed by atoms with Gasteiger partial charge >= 0.3 is 0 Å². The fraction of sp³-hybridized carbons (Fsp3) is 0.533. The van der Waals surface area contributed by atoms with Crippen LogP contribution in [0, 0.1) is 5.92 Å². The Labute approximate surface area is 123 Å². The van der Waals surface area contributed by atoms with Crippen molar-refractivity contribution < 1.29 is 4.52 Å². The minimum Gasteiger partial charge on any atom is -0.355 e. The summed E-state index contributed by atoms with van der Waals surface area (Å²) in [4.78, 5) is 3.58. The predicted octanol–water partition coefficient (Wildman–Crippen LogP) is 2.96. The van der Waals surface area contributed by atoms with Gasteiger partial charge in [0.15, 0.2) is 5.76 Å². The Hall–Kier alpha value is -1.17. The van der Waals surface area contributed by atoms with Crippen molar-refractivity contribution in [3.63, 3.8) is 0 Å². The van der Waals surface area contributed by atoms with Crippen LogP contribution in [0.1, 0.15) is 25.5 Å². The molecule has 0 saturated carbocycles. The summed E-state index contributed by atoms with van der Waals surface area (Å²) >= 11 is 1.68. The fourth-order valence-corrected chi connectivity index (χ4v) is 3.46. The van der Waals surface area contributed by atoms with Crippen molar-refractivity contribution in [1.82, 2.24) is 10.1 Å². The Balaban J connectivity index is 1.57. The highest BCUT2D eigenvalue weighted by Crippen LogP contribution is 2.26. The number of piperidine rings is 1. The minimum absolute atomic E-state index is 0.314. The average molecular weight is 291 g/mol. The van der Waals surface area contributed by atoms with Crippen LogP contribution in [-0.2, 0) is 6.54 Å². The summed E-state index contributed by atoms with van der Waals surface area (Å²) in [7, 11) is 0. The number of aromatic nitrogens is 1. The van der Waals surface area contributed by atoms with E-state index in [1.165, 1.54) is 12.8 Å². The molecule has 3 rings (SSSR count). The summed E-state index contributed by atoms with van der Waals surface area (Å²) in [6.45, 7) is 5.20. The first-order chi connectivity index (χ1) is 9.72. The van der Waals surface area contributed by atoms with Crippen LogP contribution in [0.3, 0.4) is 0 Å². The van der Waals surface area contributed by atoms with E-state index in [-0.39, 0.29) is 0 Å². The first-order valence-corrected chi connectivity index (χ1v) is 8.08. The van der Waals surface area contributed by atoms with Crippen LogP contribution in [0.25, 0.3) is 10.6 Å². The average Bonchev–Trinajstić information content (AvgIpc) is 3.09. The van der Waals surface area contributed by atoms with Gasteiger partial charge < -0.3 is 10.3 Å². The van der Waals surface area contributed by atoms with Crippen LogP contribution in [0.4, 0.5) is 0 Å². The van der Waals surface area contributed by atoms with Crippen molar-refractivity contribution in [3.8, 4) is 10.6 Å². The molecule has 1 aliphatic heterocycles. The van der Waals surface area contributed by atoms with Gasteiger partial charge in [-0.2, -0.15) is 0 Å². The van der Waals surface area contributed by atoms with Gasteiger partial charge in [0.1, 0.15) is 0 Å². The van der Waals surface area contributed by atoms with E-state index >= 15 is 0 Å². The highest BCUT2D eigenvalue weighted by molar-refractivity contribution is 7.13. The molecule has 2 aromatic heterocycles. The molecule has 108 valence electrons. The van der Waals surface area contributed by atoms with E-state index in [4.69, 9.17) is 10.3 Å². The number of likely N-dealkylation sites (tertiary alicyclic amines) is 1. The summed E-state index contributed by atoms with van der Waals surface area (Å²) in [5, 5.41) is 6.24. The number of nitrogens with zero attached hydrogens (tertiary/aromatic N) is 2. The maximum Gasteiger partial charge on any atom is 0.177 e. The van der Waals surface area contributed by atoms with Crippen molar-refractivity contribution >= 4 is 11.3 Å². The zero-order valence-corrected chi connectivity index (χ0v) is 12.6. The van der Waals surface area contributed by atoms with E-state index in [0.29, 0.717) is 12.0 Å². The smallest absolute Gasteiger partial charge is 0.177 e. The lowest BCUT2D eigenvalue weighted by atomic mass is 9.91. The van der Waals surface area contributed by atoms with Crippen LogP contribution in [-0.4, -0.2) is 29.2 Å². The molecule has 1 fully saturated rings. The zero-order chi connectivity index (χ0) is 13.9. The number of hydrogen-bond acceptors (Lipinski definition) is 5. The molecule has 4 nitrogen and oxygen atoms in total. The highest BCUT2D eigenvalue weighted by atomic mass is 32.1. The zero-order valence-electron chi connectivity index (χ0n) is 11.8. The Morgan fingerprint density at radius 2 is 2.30 bits per heavy atom. The molecule has 3 heterocycles. The standard InChI is InChI=1S/C15H21N3OS/c1-11(16)12-4-6-18(7-5-12)10-13-9-14(19-17-13)15-3-2-8-20-15/h2-3,8-9,11-12H,4-7,10,16H2,1H3. The van der Waals surface area contributed by atoms with E-state index in [9.17, 15) is 0 Å². The third-order valence-electron chi connectivity index (χ3n) is 4.08. The largest absolute Gasteiger partial charge is 0.355 e. The van der Waals surface area contributed by atoms with Crippen molar-refractivity contribution in [3.05, 3.63) is 29.3 Å². The van der Waals surface area contributed by atoms with Crippen LogP contribution in [0.15, 0.2) is 28.1 Å². The summed E-state index contributed by atoms with van der Waals surface area (Å²) in [6, 6.07) is 6.46. The Morgan fingerprint density at radius 3 is 2.95 bits per heavy atom. The van der Waals surface area contributed by atoms with Gasteiger partial charge in [0.05, 0.1) is 10.6 Å². The van der Waals surface area contributed by atoms with E-state index in [2.05, 4.69) is 34.5 Å². The third kappa shape index (κ3) is 3.11. The van der Waals surface area contributed by atoms with Crippen molar-refractivity contribution in [2.45, 2.75) is 32.4 Å². The first-order valence-electron chi connectivity index (χ1n) is 7.20. The molecule has 1 unspecified atom stereocenters. The van der Waals surface area contributed by atoms with Crippen LogP contribution in [0.5, 0.6) is 0 Å². The Kier molecular flexibility index (Phi) is 4.19. The molecule has 5 heteroatoms. The molecular formula is C15H21N3OS. The van der Waals surface area contributed by atoms with Gasteiger partial charge in [-0.15, -0.1) is 11.3 Å². The summed E-state index contributed by atoms with van der Waals surface area (Å²) in [5.74, 6) is 1.55. The quantitative estimate of drug-likeness (QED) is 0.941. The normalized spacial score (nSPS) is 19.3. The molecule has 2 N–H and O–H groups in total. The lowest BCUT2D eigenvalue weighted by molar-refractivity contribution is 0.162. The number of nitrogens with two attached hydrogens (primary N) is 1. The minimum atomic E-state index is 0.314. The molecular weight excluding hydrogens is 270 g/mol. The van der Waals surface area contributed by atoms with Gasteiger partial charge in [-0.25, -0.2) is 0 Å². The second-order valence-electron chi connectivity index (χ2n) is 5.63. The van der Waals surface area contributed by atoms with Gasteiger partial charge in [-0.1, -0.05) is 11.2 Å². The Bertz CT molecular complexity index is 527. The second-order valence-corrected chi connectivity index (χ2v) is 6.58. The van der Waals surface area contributed by atoms with Crippen LogP contribution in [0.2, 0.25) is 0 Å². The molecule has 1 atom stereocenters. The second kappa shape index (κ2) is 6.08. The Morgan fingerprint density at radius 1 is 1.50 bits per heavy atom. The van der Waals surface area contributed by atoms with Crippen LogP contribution < -0.4 is 5.73 Å². The monoisotopic (exact) mass is 291 g/mol. The fourth-order valence-electron chi connectivity index (χ4n) is 2.79. The van der Waals surface area contributed by atoms with Gasteiger partial charge in [-0.05, 0) is 50.2 Å². The number of hydrogen-bond donors (Lipinski definition) is 1. The summed E-state index contributed by atoms with van der Waals surface area (Å²) < 4.78 is 5.42. The third-order valence-corrected chi connectivity index (χ3v) is 4.97. The predicted molar refractivity (Wildman–Crippen MR) is 81.5 cm³/mol. The number of rotatable bonds is 4. The first kappa shape index (κ1) is 13.8. The van der Waals surface area contributed by atoms with Gasteiger partial charge in [0.25, 0.3) is 0 Å². The topological polar surface area (TPSA) is 55.3 Å². The van der Waals surface area contributed by atoms with Gasteiger partial charge in [0.2, 0.25) is 0 Å². The molecule has 0 spiro atoms. The van der Waals surface area contributed by atoms with Gasteiger partial charge in [-0.3, -0.25) is 4.90 Å². The van der Waals surface area contributed by atoms with E-state index in [1.807, 2.05) is 6.07 Å². The maximum atomic E-state index is 5.98. The molecule has 0 amide bonds. The van der Waals surface area contributed by atoms with Crippen molar-refractivity contribution in [1.29, 1.82) is 0 Å².